The van der Waals surface area contributed by atoms with Crippen molar-refractivity contribution in [3.63, 3.8) is 0 Å². The van der Waals surface area contributed by atoms with E-state index in [1.165, 1.54) is 6.08 Å². The predicted octanol–water partition coefficient (Wildman–Crippen LogP) is 2.17. The number of alkyl halides is 1. The first-order valence-electron chi connectivity index (χ1n) is 3.07. The van der Waals surface area contributed by atoms with Crippen molar-refractivity contribution in [2.75, 3.05) is 0 Å². The third kappa shape index (κ3) is 1.40. The first kappa shape index (κ1) is 9.35. The van der Waals surface area contributed by atoms with Crippen molar-refractivity contribution in [1.29, 1.82) is 0 Å². The van der Waals surface area contributed by atoms with Crippen molar-refractivity contribution in [2.45, 2.75) is 11.4 Å². The summed E-state index contributed by atoms with van der Waals surface area (Å²) in [4.78, 5) is 7.95. The lowest BCUT2D eigenvalue weighted by Gasteiger charge is -2.18. The van der Waals surface area contributed by atoms with Gasteiger partial charge in [0.2, 0.25) is 0 Å². The largest absolute Gasteiger partial charge is 0.508 e. The molecule has 1 unspecified atom stereocenters. The normalized spacial score (nSPS) is 29.2. The van der Waals surface area contributed by atoms with Gasteiger partial charge in [-0.1, -0.05) is 11.6 Å². The SMILES string of the molecule is O=[N+]([O-])C1(Cl)CC=C(O)C=C1Cl. The Bertz CT molecular complexity index is 287. The lowest BCUT2D eigenvalue weighted by molar-refractivity contribution is -0.528. The van der Waals surface area contributed by atoms with Crippen LogP contribution in [0.25, 0.3) is 0 Å². The Hall–Kier alpha value is -0.740. The van der Waals surface area contributed by atoms with Crippen LogP contribution in [0.3, 0.4) is 0 Å². The van der Waals surface area contributed by atoms with Gasteiger partial charge in [-0.15, -0.1) is 0 Å². The van der Waals surface area contributed by atoms with Gasteiger partial charge in [0.1, 0.15) is 10.8 Å². The molecule has 0 fully saturated rings. The number of nitro groups is 1. The Balaban J connectivity index is 3.01. The van der Waals surface area contributed by atoms with Gasteiger partial charge < -0.3 is 5.11 Å². The number of nitrogens with zero attached hydrogens (tertiary/aromatic N) is 1. The molecule has 1 atom stereocenters. The Morgan fingerprint density at radius 2 is 2.33 bits per heavy atom. The maximum absolute atomic E-state index is 10.4. The van der Waals surface area contributed by atoms with Crippen LogP contribution in [-0.2, 0) is 0 Å². The average Bonchev–Trinajstić information content (AvgIpc) is 1.97. The molecule has 0 saturated heterocycles. The monoisotopic (exact) mass is 209 g/mol. The minimum Gasteiger partial charge on any atom is -0.508 e. The summed E-state index contributed by atoms with van der Waals surface area (Å²) in [6, 6.07) is 0. The van der Waals surface area contributed by atoms with Gasteiger partial charge in [-0.05, 0) is 17.7 Å². The summed E-state index contributed by atoms with van der Waals surface area (Å²) in [5, 5.41) is 19.2. The van der Waals surface area contributed by atoms with Gasteiger partial charge in [0.05, 0.1) is 6.42 Å². The molecule has 1 aliphatic carbocycles. The van der Waals surface area contributed by atoms with Crippen LogP contribution in [0.15, 0.2) is 22.9 Å². The molecule has 0 spiro atoms. The first-order chi connectivity index (χ1) is 5.47. The molecular weight excluding hydrogens is 205 g/mol. The Morgan fingerprint density at radius 1 is 1.75 bits per heavy atom. The third-order valence-electron chi connectivity index (χ3n) is 1.51. The molecule has 66 valence electrons. The second-order valence-electron chi connectivity index (χ2n) is 2.34. The van der Waals surface area contributed by atoms with Crippen LogP contribution in [0.1, 0.15) is 6.42 Å². The van der Waals surface area contributed by atoms with Gasteiger partial charge in [0.25, 0.3) is 0 Å². The molecule has 1 aliphatic rings. The summed E-state index contributed by atoms with van der Waals surface area (Å²) < 4.78 is 0. The van der Waals surface area contributed by atoms with Crippen LogP contribution >= 0.6 is 23.2 Å². The number of aliphatic hydroxyl groups is 1. The molecule has 6 heteroatoms. The summed E-state index contributed by atoms with van der Waals surface area (Å²) in [6.45, 7) is 0. The van der Waals surface area contributed by atoms with Gasteiger partial charge in [-0.2, -0.15) is 0 Å². The molecular formula is C6H5Cl2NO3. The summed E-state index contributed by atoms with van der Waals surface area (Å²) in [6.07, 6.45) is 2.21. The molecule has 0 bridgehead atoms. The summed E-state index contributed by atoms with van der Waals surface area (Å²) in [5.41, 5.74) is 0. The molecule has 0 aromatic rings. The highest BCUT2D eigenvalue weighted by molar-refractivity contribution is 6.39. The average molecular weight is 210 g/mol. The smallest absolute Gasteiger partial charge is 0.334 e. The second-order valence-corrected chi connectivity index (χ2v) is 3.37. The Morgan fingerprint density at radius 3 is 2.75 bits per heavy atom. The number of hydrogen-bond acceptors (Lipinski definition) is 3. The molecule has 0 aromatic carbocycles. The fraction of sp³-hybridized carbons (Fsp3) is 0.333. The second kappa shape index (κ2) is 2.95. The van der Waals surface area contributed by atoms with Crippen LogP contribution in [0.2, 0.25) is 0 Å². The predicted molar refractivity (Wildman–Crippen MR) is 44.8 cm³/mol. The lowest BCUT2D eigenvalue weighted by atomic mass is 10.1. The molecule has 0 aromatic heterocycles. The molecule has 0 radical (unpaired) electrons. The molecule has 4 nitrogen and oxygen atoms in total. The number of rotatable bonds is 1. The standard InChI is InChI=1S/C6H5Cl2NO3/c7-5-3-4(10)1-2-6(5,8)9(11)12/h1,3,10H,2H2. The van der Waals surface area contributed by atoms with Gasteiger partial charge >= 0.3 is 5.00 Å². The van der Waals surface area contributed by atoms with E-state index >= 15 is 0 Å². The van der Waals surface area contributed by atoms with Crippen LogP contribution < -0.4 is 0 Å². The zero-order valence-corrected chi connectivity index (χ0v) is 7.34. The van der Waals surface area contributed by atoms with E-state index in [1.807, 2.05) is 0 Å². The molecule has 0 aliphatic heterocycles. The number of hydrogen-bond donors (Lipinski definition) is 1. The van der Waals surface area contributed by atoms with E-state index in [9.17, 15) is 10.1 Å². The minimum atomic E-state index is -1.80. The molecule has 1 N–H and O–H groups in total. The van der Waals surface area contributed by atoms with Crippen molar-refractivity contribution in [3.05, 3.63) is 33.1 Å². The molecule has 12 heavy (non-hydrogen) atoms. The number of allylic oxidation sites excluding steroid dienone is 1. The quantitative estimate of drug-likeness (QED) is 0.312. The highest BCUT2D eigenvalue weighted by Crippen LogP contribution is 2.36. The Kier molecular flexibility index (Phi) is 2.30. The van der Waals surface area contributed by atoms with E-state index in [1.54, 1.807) is 0 Å². The molecule has 0 saturated carbocycles. The zero-order chi connectivity index (χ0) is 9.35. The maximum Gasteiger partial charge on any atom is 0.334 e. The van der Waals surface area contributed by atoms with Crippen LogP contribution in [0, 0.1) is 10.1 Å². The maximum atomic E-state index is 10.4. The van der Waals surface area contributed by atoms with E-state index in [0.717, 1.165) is 6.08 Å². The highest BCUT2D eigenvalue weighted by Gasteiger charge is 2.45. The first-order valence-corrected chi connectivity index (χ1v) is 3.82. The summed E-state index contributed by atoms with van der Waals surface area (Å²) in [7, 11) is 0. The van der Waals surface area contributed by atoms with E-state index < -0.39 is 9.92 Å². The van der Waals surface area contributed by atoms with Crippen molar-refractivity contribution in [3.8, 4) is 0 Å². The van der Waals surface area contributed by atoms with E-state index in [4.69, 9.17) is 28.3 Å². The Labute approximate surface area is 78.2 Å². The van der Waals surface area contributed by atoms with Crippen molar-refractivity contribution < 1.29 is 10.0 Å². The van der Waals surface area contributed by atoms with E-state index in [0.29, 0.717) is 0 Å². The summed E-state index contributed by atoms with van der Waals surface area (Å²) >= 11 is 11.1. The van der Waals surface area contributed by atoms with Gasteiger partial charge in [-0.3, -0.25) is 10.1 Å². The zero-order valence-electron chi connectivity index (χ0n) is 5.83. The third-order valence-corrected chi connectivity index (χ3v) is 2.53. The molecule has 0 heterocycles. The van der Waals surface area contributed by atoms with Crippen molar-refractivity contribution >= 4 is 23.2 Å². The number of aliphatic hydroxyl groups excluding tert-OH is 1. The van der Waals surface area contributed by atoms with Crippen LogP contribution in [-0.4, -0.2) is 15.0 Å². The lowest BCUT2D eigenvalue weighted by Crippen LogP contribution is -2.33. The van der Waals surface area contributed by atoms with Crippen molar-refractivity contribution in [1.82, 2.24) is 0 Å². The highest BCUT2D eigenvalue weighted by atomic mass is 35.5. The van der Waals surface area contributed by atoms with Crippen LogP contribution in [0.5, 0.6) is 0 Å². The summed E-state index contributed by atoms with van der Waals surface area (Å²) in [5.74, 6) is -0.0990. The van der Waals surface area contributed by atoms with Gasteiger partial charge in [0.15, 0.2) is 0 Å². The van der Waals surface area contributed by atoms with Gasteiger partial charge in [0, 0.05) is 11.0 Å². The molecule has 0 amide bonds. The number of halogens is 2. The molecule has 1 rings (SSSR count). The van der Waals surface area contributed by atoms with Gasteiger partial charge in [-0.25, -0.2) is 0 Å². The van der Waals surface area contributed by atoms with E-state index in [2.05, 4.69) is 0 Å². The topological polar surface area (TPSA) is 63.4 Å². The van der Waals surface area contributed by atoms with E-state index in [-0.39, 0.29) is 17.2 Å². The van der Waals surface area contributed by atoms with Crippen LogP contribution in [0.4, 0.5) is 0 Å². The minimum absolute atomic E-state index is 0.0990. The fourth-order valence-electron chi connectivity index (χ4n) is 0.798. The fourth-order valence-corrected chi connectivity index (χ4v) is 1.19. The van der Waals surface area contributed by atoms with Crippen molar-refractivity contribution in [2.24, 2.45) is 0 Å².